The number of carbonyl (C=O) groups is 2. The lowest BCUT2D eigenvalue weighted by atomic mass is 10.1. The average molecular weight is 298 g/mol. The van der Waals surface area contributed by atoms with Gasteiger partial charge in [0.2, 0.25) is 5.95 Å². The molecule has 2 heterocycles. The summed E-state index contributed by atoms with van der Waals surface area (Å²) in [5.74, 6) is -0.606. The maximum atomic E-state index is 12.7. The number of amides is 1. The number of esters is 1. The number of anilines is 1. The van der Waals surface area contributed by atoms with Crippen molar-refractivity contribution in [3.63, 3.8) is 0 Å². The molecule has 1 aromatic heterocycles. The van der Waals surface area contributed by atoms with E-state index in [0.29, 0.717) is 18.7 Å². The first-order chi connectivity index (χ1) is 10.6. The van der Waals surface area contributed by atoms with Crippen molar-refractivity contribution in [1.82, 2.24) is 14.9 Å². The fraction of sp³-hybridized carbons (Fsp3) is 0.200. The van der Waals surface area contributed by atoms with E-state index in [0.717, 1.165) is 11.3 Å². The maximum Gasteiger partial charge on any atom is 0.338 e. The Morgan fingerprint density at radius 2 is 1.95 bits per heavy atom. The molecule has 0 aliphatic carbocycles. The summed E-state index contributed by atoms with van der Waals surface area (Å²) in [6.07, 6.45) is 1.62. The molecular formula is C15H14N4O3. The Labute approximate surface area is 126 Å². The van der Waals surface area contributed by atoms with Crippen LogP contribution in [-0.2, 0) is 17.8 Å². The lowest BCUT2D eigenvalue weighted by Crippen LogP contribution is -2.27. The molecule has 22 heavy (non-hydrogen) atoms. The Morgan fingerprint density at radius 3 is 2.68 bits per heavy atom. The standard InChI is InChI=1S/C15H14N4O3/c1-22-14(21)11-5-3-2-4-10(11)13(20)19-7-9-6-17-15(16)18-12(9)8-19/h2-6H,7-8H2,1H3,(H2,16,17,18). The zero-order valence-electron chi connectivity index (χ0n) is 11.9. The van der Waals surface area contributed by atoms with Gasteiger partial charge in [-0.1, -0.05) is 12.1 Å². The van der Waals surface area contributed by atoms with Gasteiger partial charge < -0.3 is 15.4 Å². The second-order valence-electron chi connectivity index (χ2n) is 4.90. The molecule has 0 saturated heterocycles. The van der Waals surface area contributed by atoms with E-state index in [9.17, 15) is 9.59 Å². The van der Waals surface area contributed by atoms with Crippen LogP contribution in [0, 0.1) is 0 Å². The van der Waals surface area contributed by atoms with Crippen molar-refractivity contribution in [2.75, 3.05) is 12.8 Å². The Hall–Kier alpha value is -2.96. The van der Waals surface area contributed by atoms with Gasteiger partial charge in [0.1, 0.15) is 0 Å². The van der Waals surface area contributed by atoms with Gasteiger partial charge in [0.15, 0.2) is 0 Å². The van der Waals surface area contributed by atoms with E-state index in [-0.39, 0.29) is 17.4 Å². The molecule has 1 amide bonds. The highest BCUT2D eigenvalue weighted by atomic mass is 16.5. The SMILES string of the molecule is COC(=O)c1ccccc1C(=O)N1Cc2cnc(N)nc2C1. The van der Waals surface area contributed by atoms with E-state index in [1.165, 1.54) is 7.11 Å². The predicted octanol–water partition coefficient (Wildman–Crippen LogP) is 1.00. The number of hydrogen-bond acceptors (Lipinski definition) is 6. The van der Waals surface area contributed by atoms with Crippen molar-refractivity contribution >= 4 is 17.8 Å². The van der Waals surface area contributed by atoms with Crippen LogP contribution in [0.4, 0.5) is 5.95 Å². The first kappa shape index (κ1) is 14.0. The van der Waals surface area contributed by atoms with E-state index in [1.807, 2.05) is 0 Å². The Morgan fingerprint density at radius 1 is 1.23 bits per heavy atom. The van der Waals surface area contributed by atoms with Crippen LogP contribution in [0.3, 0.4) is 0 Å². The molecule has 2 aromatic rings. The number of nitrogens with zero attached hydrogens (tertiary/aromatic N) is 3. The molecule has 1 aliphatic rings. The van der Waals surface area contributed by atoms with E-state index < -0.39 is 5.97 Å². The number of ether oxygens (including phenoxy) is 1. The molecule has 1 aliphatic heterocycles. The van der Waals surface area contributed by atoms with Gasteiger partial charge in [0.25, 0.3) is 5.91 Å². The number of nitrogens with two attached hydrogens (primary N) is 1. The van der Waals surface area contributed by atoms with Crippen LogP contribution in [0.1, 0.15) is 32.0 Å². The monoisotopic (exact) mass is 298 g/mol. The summed E-state index contributed by atoms with van der Waals surface area (Å²) >= 11 is 0. The van der Waals surface area contributed by atoms with Crippen LogP contribution in [0.15, 0.2) is 30.5 Å². The zero-order chi connectivity index (χ0) is 15.7. The van der Waals surface area contributed by atoms with E-state index in [4.69, 9.17) is 10.5 Å². The molecule has 0 bridgehead atoms. The maximum absolute atomic E-state index is 12.7. The first-order valence-corrected chi connectivity index (χ1v) is 6.67. The van der Waals surface area contributed by atoms with Gasteiger partial charge in [-0.25, -0.2) is 14.8 Å². The third kappa shape index (κ3) is 2.37. The normalized spacial score (nSPS) is 12.9. The molecule has 0 spiro atoms. The second-order valence-corrected chi connectivity index (χ2v) is 4.90. The summed E-state index contributed by atoms with van der Waals surface area (Å²) < 4.78 is 4.72. The minimum Gasteiger partial charge on any atom is -0.465 e. The zero-order valence-corrected chi connectivity index (χ0v) is 11.9. The molecule has 0 unspecified atom stereocenters. The van der Waals surface area contributed by atoms with Gasteiger partial charge >= 0.3 is 5.97 Å². The smallest absolute Gasteiger partial charge is 0.338 e. The highest BCUT2D eigenvalue weighted by molar-refractivity contribution is 6.05. The van der Waals surface area contributed by atoms with Gasteiger partial charge in [0.05, 0.1) is 30.5 Å². The summed E-state index contributed by atoms with van der Waals surface area (Å²) in [6, 6.07) is 6.58. The molecule has 7 nitrogen and oxygen atoms in total. The minimum atomic E-state index is -0.537. The fourth-order valence-electron chi connectivity index (χ4n) is 2.44. The molecule has 7 heteroatoms. The predicted molar refractivity (Wildman–Crippen MR) is 77.8 cm³/mol. The fourth-order valence-corrected chi connectivity index (χ4v) is 2.44. The average Bonchev–Trinajstić information content (AvgIpc) is 2.96. The molecule has 112 valence electrons. The largest absolute Gasteiger partial charge is 0.465 e. The van der Waals surface area contributed by atoms with Gasteiger partial charge in [-0.2, -0.15) is 0 Å². The highest BCUT2D eigenvalue weighted by Gasteiger charge is 2.28. The number of aromatic nitrogens is 2. The number of nitrogen functional groups attached to an aromatic ring is 1. The van der Waals surface area contributed by atoms with Crippen molar-refractivity contribution in [3.05, 3.63) is 52.8 Å². The number of hydrogen-bond donors (Lipinski definition) is 1. The molecular weight excluding hydrogens is 284 g/mol. The van der Waals surface area contributed by atoms with Gasteiger partial charge in [-0.05, 0) is 12.1 Å². The molecule has 0 atom stereocenters. The summed E-state index contributed by atoms with van der Waals surface area (Å²) in [5, 5.41) is 0. The quantitative estimate of drug-likeness (QED) is 0.831. The van der Waals surface area contributed by atoms with Crippen LogP contribution < -0.4 is 5.73 Å². The summed E-state index contributed by atoms with van der Waals surface area (Å²) in [4.78, 5) is 34.1. The number of rotatable bonds is 2. The van der Waals surface area contributed by atoms with E-state index >= 15 is 0 Å². The third-order valence-corrected chi connectivity index (χ3v) is 3.52. The second kappa shape index (κ2) is 5.44. The third-order valence-electron chi connectivity index (χ3n) is 3.52. The molecule has 3 rings (SSSR count). The summed E-state index contributed by atoms with van der Waals surface area (Å²) in [7, 11) is 1.29. The van der Waals surface area contributed by atoms with E-state index in [2.05, 4.69) is 9.97 Å². The van der Waals surface area contributed by atoms with Crippen LogP contribution in [0.2, 0.25) is 0 Å². The molecule has 0 fully saturated rings. The van der Waals surface area contributed by atoms with Crippen molar-refractivity contribution in [3.8, 4) is 0 Å². The first-order valence-electron chi connectivity index (χ1n) is 6.67. The number of carbonyl (C=O) groups excluding carboxylic acids is 2. The van der Waals surface area contributed by atoms with Gasteiger partial charge in [-0.3, -0.25) is 4.79 Å². The lowest BCUT2D eigenvalue weighted by molar-refractivity contribution is 0.0589. The number of benzene rings is 1. The molecule has 0 saturated carbocycles. The summed E-state index contributed by atoms with van der Waals surface area (Å²) in [5.41, 5.74) is 7.71. The topological polar surface area (TPSA) is 98.4 Å². The number of methoxy groups -OCH3 is 1. The van der Waals surface area contributed by atoms with Crippen molar-refractivity contribution in [2.45, 2.75) is 13.1 Å². The molecule has 2 N–H and O–H groups in total. The van der Waals surface area contributed by atoms with Gasteiger partial charge in [-0.15, -0.1) is 0 Å². The van der Waals surface area contributed by atoms with Crippen LogP contribution in [-0.4, -0.2) is 33.9 Å². The van der Waals surface area contributed by atoms with Crippen molar-refractivity contribution in [2.24, 2.45) is 0 Å². The van der Waals surface area contributed by atoms with Crippen LogP contribution in [0.25, 0.3) is 0 Å². The Kier molecular flexibility index (Phi) is 3.46. The lowest BCUT2D eigenvalue weighted by Gasteiger charge is -2.16. The highest BCUT2D eigenvalue weighted by Crippen LogP contribution is 2.24. The van der Waals surface area contributed by atoms with Crippen LogP contribution in [0.5, 0.6) is 0 Å². The molecule has 0 radical (unpaired) electrons. The Bertz CT molecular complexity index is 760. The Balaban J connectivity index is 1.89. The van der Waals surface area contributed by atoms with Crippen molar-refractivity contribution < 1.29 is 14.3 Å². The number of fused-ring (bicyclic) bond motifs is 1. The van der Waals surface area contributed by atoms with Gasteiger partial charge in [0, 0.05) is 18.3 Å². The summed E-state index contributed by atoms with van der Waals surface area (Å²) in [6.45, 7) is 0.736. The molecule has 1 aromatic carbocycles. The minimum absolute atomic E-state index is 0.183. The van der Waals surface area contributed by atoms with E-state index in [1.54, 1.807) is 35.4 Å². The van der Waals surface area contributed by atoms with Crippen molar-refractivity contribution in [1.29, 1.82) is 0 Å². The van der Waals surface area contributed by atoms with Crippen LogP contribution >= 0.6 is 0 Å².